The van der Waals surface area contributed by atoms with E-state index in [0.29, 0.717) is 10.9 Å². The largest absolute Gasteiger partial charge is 0.491 e. The molecular weight excluding hydrogens is 355 g/mol. The van der Waals surface area contributed by atoms with Gasteiger partial charge in [-0.05, 0) is 62.0 Å². The molecule has 2 N–H and O–H groups in total. The standard InChI is InChI=1S/C19H23FN2OS2/c1-14(2)23-17-9-7-16(8-10-17)22-19(24)21-11-12-25-13-15-5-3-4-6-18(15)20/h3-10,14H,11-13H2,1-2H3,(H2,21,22,24). The number of hydrogen-bond acceptors (Lipinski definition) is 3. The van der Waals surface area contributed by atoms with Crippen LogP contribution in [0.4, 0.5) is 10.1 Å². The molecule has 0 bridgehead atoms. The van der Waals surface area contributed by atoms with E-state index in [1.807, 2.05) is 50.2 Å². The minimum absolute atomic E-state index is 0.148. The zero-order valence-corrected chi connectivity index (χ0v) is 16.1. The maximum absolute atomic E-state index is 13.5. The topological polar surface area (TPSA) is 33.3 Å². The van der Waals surface area contributed by atoms with Gasteiger partial charge in [-0.15, -0.1) is 0 Å². The van der Waals surface area contributed by atoms with Crippen LogP contribution in [0, 0.1) is 5.82 Å². The highest BCUT2D eigenvalue weighted by Crippen LogP contribution is 2.17. The summed E-state index contributed by atoms with van der Waals surface area (Å²) in [6.07, 6.45) is 0.156. The predicted molar refractivity (Wildman–Crippen MR) is 109 cm³/mol. The van der Waals surface area contributed by atoms with E-state index < -0.39 is 0 Å². The van der Waals surface area contributed by atoms with Crippen molar-refractivity contribution >= 4 is 34.8 Å². The highest BCUT2D eigenvalue weighted by atomic mass is 32.2. The Hall–Kier alpha value is -1.79. The third-order valence-electron chi connectivity index (χ3n) is 3.23. The third kappa shape index (κ3) is 7.32. The quantitative estimate of drug-likeness (QED) is 0.508. The van der Waals surface area contributed by atoms with Crippen LogP contribution in [0.2, 0.25) is 0 Å². The average molecular weight is 379 g/mol. The zero-order valence-electron chi connectivity index (χ0n) is 14.4. The summed E-state index contributed by atoms with van der Waals surface area (Å²) in [4.78, 5) is 0. The van der Waals surface area contributed by atoms with Crippen molar-refractivity contribution in [2.75, 3.05) is 17.6 Å². The third-order valence-corrected chi connectivity index (χ3v) is 4.49. The van der Waals surface area contributed by atoms with Crippen LogP contribution < -0.4 is 15.4 Å². The molecule has 6 heteroatoms. The minimum Gasteiger partial charge on any atom is -0.491 e. The smallest absolute Gasteiger partial charge is 0.170 e. The van der Waals surface area contributed by atoms with Gasteiger partial charge in [0.1, 0.15) is 11.6 Å². The molecule has 2 aromatic carbocycles. The van der Waals surface area contributed by atoms with Gasteiger partial charge in [0, 0.05) is 23.7 Å². The molecule has 0 heterocycles. The first-order chi connectivity index (χ1) is 12.0. The van der Waals surface area contributed by atoms with Crippen LogP contribution in [-0.2, 0) is 5.75 Å². The lowest BCUT2D eigenvalue weighted by Gasteiger charge is -2.12. The van der Waals surface area contributed by atoms with E-state index in [0.717, 1.165) is 29.3 Å². The van der Waals surface area contributed by atoms with Gasteiger partial charge in [-0.2, -0.15) is 11.8 Å². The van der Waals surface area contributed by atoms with E-state index in [2.05, 4.69) is 10.6 Å². The summed E-state index contributed by atoms with van der Waals surface area (Å²) in [7, 11) is 0. The number of halogens is 1. The van der Waals surface area contributed by atoms with Crippen LogP contribution >= 0.6 is 24.0 Å². The first-order valence-corrected chi connectivity index (χ1v) is 9.73. The second-order valence-electron chi connectivity index (χ2n) is 5.72. The summed E-state index contributed by atoms with van der Waals surface area (Å²) in [6.45, 7) is 4.71. The number of anilines is 1. The van der Waals surface area contributed by atoms with Crippen molar-refractivity contribution in [3.63, 3.8) is 0 Å². The number of hydrogen-bond donors (Lipinski definition) is 2. The van der Waals surface area contributed by atoms with Crippen molar-refractivity contribution < 1.29 is 9.13 Å². The van der Waals surface area contributed by atoms with Crippen molar-refractivity contribution in [3.8, 4) is 5.75 Å². The normalized spacial score (nSPS) is 10.6. The van der Waals surface area contributed by atoms with Crippen LogP contribution in [-0.4, -0.2) is 23.5 Å². The van der Waals surface area contributed by atoms with Gasteiger partial charge < -0.3 is 15.4 Å². The van der Waals surface area contributed by atoms with Gasteiger partial charge in [-0.3, -0.25) is 0 Å². The summed E-state index contributed by atoms with van der Waals surface area (Å²) < 4.78 is 19.1. The van der Waals surface area contributed by atoms with Crippen LogP contribution in [0.25, 0.3) is 0 Å². The SMILES string of the molecule is CC(C)Oc1ccc(NC(=S)NCCSCc2ccccc2F)cc1. The van der Waals surface area contributed by atoms with Crippen molar-refractivity contribution in [2.45, 2.75) is 25.7 Å². The minimum atomic E-state index is -0.148. The molecule has 0 amide bonds. The van der Waals surface area contributed by atoms with Gasteiger partial charge in [0.15, 0.2) is 5.11 Å². The molecule has 0 saturated heterocycles. The van der Waals surface area contributed by atoms with Crippen molar-refractivity contribution in [1.82, 2.24) is 5.32 Å². The molecular formula is C19H23FN2OS2. The van der Waals surface area contributed by atoms with Crippen molar-refractivity contribution in [2.24, 2.45) is 0 Å². The summed E-state index contributed by atoms with van der Waals surface area (Å²) in [6, 6.07) is 14.5. The van der Waals surface area contributed by atoms with E-state index in [1.54, 1.807) is 17.8 Å². The molecule has 0 aliphatic rings. The first-order valence-electron chi connectivity index (χ1n) is 8.17. The molecule has 0 radical (unpaired) electrons. The lowest BCUT2D eigenvalue weighted by atomic mass is 10.2. The molecule has 134 valence electrons. The van der Waals surface area contributed by atoms with E-state index >= 15 is 0 Å². The Balaban J connectivity index is 1.64. The number of rotatable bonds is 8. The Bertz CT molecular complexity index is 677. The molecule has 25 heavy (non-hydrogen) atoms. The lowest BCUT2D eigenvalue weighted by Crippen LogP contribution is -2.30. The molecule has 2 aromatic rings. The van der Waals surface area contributed by atoms with Crippen LogP contribution in [0.15, 0.2) is 48.5 Å². The molecule has 0 unspecified atom stereocenters. The van der Waals surface area contributed by atoms with Crippen LogP contribution in [0.1, 0.15) is 19.4 Å². The Morgan fingerprint density at radius 3 is 2.56 bits per heavy atom. The summed E-state index contributed by atoms with van der Waals surface area (Å²) >= 11 is 6.95. The Kier molecular flexibility index (Phi) is 8.01. The number of thioether (sulfide) groups is 1. The predicted octanol–water partition coefficient (Wildman–Crippen LogP) is 4.83. The Morgan fingerprint density at radius 2 is 1.88 bits per heavy atom. The number of benzene rings is 2. The average Bonchev–Trinajstić information content (AvgIpc) is 2.57. The molecule has 0 aliphatic heterocycles. The second kappa shape index (κ2) is 10.3. The fourth-order valence-corrected chi connectivity index (χ4v) is 3.16. The van der Waals surface area contributed by atoms with Crippen molar-refractivity contribution in [3.05, 3.63) is 59.9 Å². The van der Waals surface area contributed by atoms with Crippen LogP contribution in [0.3, 0.4) is 0 Å². The van der Waals surface area contributed by atoms with Gasteiger partial charge in [0.05, 0.1) is 6.10 Å². The van der Waals surface area contributed by atoms with Crippen LogP contribution in [0.5, 0.6) is 5.75 Å². The summed E-state index contributed by atoms with van der Waals surface area (Å²) in [5, 5.41) is 6.86. The van der Waals surface area contributed by atoms with E-state index in [4.69, 9.17) is 17.0 Å². The highest BCUT2D eigenvalue weighted by molar-refractivity contribution is 7.98. The van der Waals surface area contributed by atoms with Gasteiger partial charge in [-0.1, -0.05) is 18.2 Å². The van der Waals surface area contributed by atoms with E-state index in [1.165, 1.54) is 6.07 Å². The zero-order chi connectivity index (χ0) is 18.1. The molecule has 0 atom stereocenters. The maximum atomic E-state index is 13.5. The van der Waals surface area contributed by atoms with Crippen molar-refractivity contribution in [1.29, 1.82) is 0 Å². The molecule has 0 spiro atoms. The molecule has 2 rings (SSSR count). The lowest BCUT2D eigenvalue weighted by molar-refractivity contribution is 0.242. The van der Waals surface area contributed by atoms with E-state index in [-0.39, 0.29) is 11.9 Å². The van der Waals surface area contributed by atoms with Gasteiger partial charge >= 0.3 is 0 Å². The molecule has 0 aliphatic carbocycles. The van der Waals surface area contributed by atoms with Gasteiger partial charge in [-0.25, -0.2) is 4.39 Å². The number of thiocarbonyl (C=S) groups is 1. The molecule has 0 fully saturated rings. The monoisotopic (exact) mass is 378 g/mol. The fraction of sp³-hybridized carbons (Fsp3) is 0.316. The van der Waals surface area contributed by atoms with E-state index in [9.17, 15) is 4.39 Å². The summed E-state index contributed by atoms with van der Waals surface area (Å²) in [5.41, 5.74) is 1.64. The maximum Gasteiger partial charge on any atom is 0.170 e. The molecule has 0 saturated carbocycles. The fourth-order valence-electron chi connectivity index (χ4n) is 2.10. The molecule has 0 aromatic heterocycles. The first kappa shape index (κ1) is 19.5. The Morgan fingerprint density at radius 1 is 1.16 bits per heavy atom. The molecule has 3 nitrogen and oxygen atoms in total. The Labute approximate surface area is 158 Å². The van der Waals surface area contributed by atoms with Gasteiger partial charge in [0.2, 0.25) is 0 Å². The van der Waals surface area contributed by atoms with Gasteiger partial charge in [0.25, 0.3) is 0 Å². The second-order valence-corrected chi connectivity index (χ2v) is 7.23. The number of nitrogens with one attached hydrogen (secondary N) is 2. The number of ether oxygens (including phenoxy) is 1. The highest BCUT2D eigenvalue weighted by Gasteiger charge is 2.02. The summed E-state index contributed by atoms with van der Waals surface area (Å²) in [5.74, 6) is 2.19.